The van der Waals surface area contributed by atoms with Gasteiger partial charge in [-0.15, -0.1) is 6.42 Å². The van der Waals surface area contributed by atoms with Gasteiger partial charge in [-0.1, -0.05) is 37.3 Å². The number of thiol groups is 1. The second-order valence-electron chi connectivity index (χ2n) is 10.7. The topological polar surface area (TPSA) is 87.7 Å². The molecule has 0 heterocycles. The van der Waals surface area contributed by atoms with Crippen LogP contribution in [-0.4, -0.2) is 52.3 Å². The lowest BCUT2D eigenvalue weighted by molar-refractivity contribution is -0.147. The maximum Gasteiger partial charge on any atom is 0.408 e. The minimum atomic E-state index is -0.932. The molecule has 7 nitrogen and oxygen atoms in total. The van der Waals surface area contributed by atoms with Crippen molar-refractivity contribution in [1.82, 2.24) is 15.5 Å². The summed E-state index contributed by atoms with van der Waals surface area (Å²) in [5, 5.41) is 5.87. The van der Waals surface area contributed by atoms with Gasteiger partial charge in [-0.3, -0.25) is 9.59 Å². The van der Waals surface area contributed by atoms with Crippen LogP contribution in [0, 0.1) is 12.3 Å². The molecule has 0 aliphatic heterocycles. The Balaban J connectivity index is 1.92. The summed E-state index contributed by atoms with van der Waals surface area (Å²) < 4.78 is 5.37. The molecule has 2 unspecified atom stereocenters. The molecule has 2 aliphatic carbocycles. The van der Waals surface area contributed by atoms with Crippen LogP contribution < -0.4 is 10.6 Å². The SMILES string of the molecule is C#Cc1ccc(C(C(=O)NC2CCCCC2)N(C(=O)C(CS)NC(=O)OC(C)(C)C)C2CCC2)cc1. The molecule has 1 aromatic carbocycles. The molecule has 2 atom stereocenters. The van der Waals surface area contributed by atoms with E-state index in [-0.39, 0.29) is 29.7 Å². The van der Waals surface area contributed by atoms with Gasteiger partial charge in [0.05, 0.1) is 0 Å². The predicted octanol–water partition coefficient (Wildman–Crippen LogP) is 4.36. The van der Waals surface area contributed by atoms with E-state index >= 15 is 0 Å². The Morgan fingerprint density at radius 3 is 2.22 bits per heavy atom. The fourth-order valence-electron chi connectivity index (χ4n) is 4.73. The summed E-state index contributed by atoms with van der Waals surface area (Å²) in [5.41, 5.74) is 0.688. The van der Waals surface area contributed by atoms with Crippen LogP contribution in [0.2, 0.25) is 0 Å². The molecule has 196 valence electrons. The number of hydrogen-bond donors (Lipinski definition) is 3. The number of carbonyl (C=O) groups excluding carboxylic acids is 3. The quantitative estimate of drug-likeness (QED) is 0.356. The number of nitrogens with zero attached hydrogens (tertiary/aromatic N) is 1. The average Bonchev–Trinajstić information content (AvgIpc) is 2.80. The summed E-state index contributed by atoms with van der Waals surface area (Å²) in [6, 6.07) is 5.43. The number of rotatable bonds is 8. The zero-order valence-corrected chi connectivity index (χ0v) is 22.5. The molecule has 2 aliphatic rings. The third kappa shape index (κ3) is 7.42. The first-order valence-electron chi connectivity index (χ1n) is 12.9. The van der Waals surface area contributed by atoms with Crippen molar-refractivity contribution in [2.24, 2.45) is 0 Å². The Hall–Kier alpha value is -2.66. The molecular formula is C28H39N3O4S. The van der Waals surface area contributed by atoms with Gasteiger partial charge in [-0.2, -0.15) is 12.6 Å². The van der Waals surface area contributed by atoms with Crippen molar-refractivity contribution in [3.8, 4) is 12.3 Å². The second-order valence-corrected chi connectivity index (χ2v) is 11.1. The molecular weight excluding hydrogens is 474 g/mol. The summed E-state index contributed by atoms with van der Waals surface area (Å²) in [6.45, 7) is 5.28. The van der Waals surface area contributed by atoms with Gasteiger partial charge in [0.1, 0.15) is 17.7 Å². The highest BCUT2D eigenvalue weighted by molar-refractivity contribution is 7.80. The van der Waals surface area contributed by atoms with Gasteiger partial charge in [0.2, 0.25) is 11.8 Å². The van der Waals surface area contributed by atoms with Crippen LogP contribution in [0.5, 0.6) is 0 Å². The lowest BCUT2D eigenvalue weighted by Crippen LogP contribution is -2.58. The molecule has 1 aromatic rings. The maximum atomic E-state index is 13.9. The van der Waals surface area contributed by atoms with Crippen LogP contribution in [0.1, 0.15) is 89.3 Å². The van der Waals surface area contributed by atoms with E-state index in [1.807, 2.05) is 12.1 Å². The van der Waals surface area contributed by atoms with Gasteiger partial charge in [-0.05, 0) is 70.6 Å². The Morgan fingerprint density at radius 1 is 1.08 bits per heavy atom. The third-order valence-corrected chi connectivity index (χ3v) is 7.13. The van der Waals surface area contributed by atoms with Gasteiger partial charge in [0, 0.05) is 23.4 Å². The van der Waals surface area contributed by atoms with Crippen molar-refractivity contribution in [1.29, 1.82) is 0 Å². The highest BCUT2D eigenvalue weighted by atomic mass is 32.1. The Kier molecular flexibility index (Phi) is 9.72. The third-order valence-electron chi connectivity index (χ3n) is 6.77. The lowest BCUT2D eigenvalue weighted by atomic mass is 9.87. The van der Waals surface area contributed by atoms with E-state index < -0.39 is 23.8 Å². The van der Waals surface area contributed by atoms with Crippen LogP contribution in [0.25, 0.3) is 0 Å². The predicted molar refractivity (Wildman–Crippen MR) is 144 cm³/mol. The molecule has 3 rings (SSSR count). The fourth-order valence-corrected chi connectivity index (χ4v) is 4.97. The average molecular weight is 514 g/mol. The number of nitrogens with one attached hydrogen (secondary N) is 2. The van der Waals surface area contributed by atoms with Crippen LogP contribution in [0.3, 0.4) is 0 Å². The summed E-state index contributed by atoms with van der Waals surface area (Å²) >= 11 is 4.35. The van der Waals surface area contributed by atoms with Crippen molar-refractivity contribution >= 4 is 30.5 Å². The minimum Gasteiger partial charge on any atom is -0.444 e. The van der Waals surface area contributed by atoms with Gasteiger partial charge in [0.15, 0.2) is 0 Å². The van der Waals surface area contributed by atoms with E-state index in [1.165, 1.54) is 6.42 Å². The molecule has 2 fully saturated rings. The number of ether oxygens (including phenoxy) is 1. The zero-order chi connectivity index (χ0) is 26.3. The molecule has 0 bridgehead atoms. The van der Waals surface area contributed by atoms with Crippen molar-refractivity contribution in [2.75, 3.05) is 5.75 Å². The smallest absolute Gasteiger partial charge is 0.408 e. The molecule has 8 heteroatoms. The summed E-state index contributed by atoms with van der Waals surface area (Å²) in [5.74, 6) is 2.13. The second kappa shape index (κ2) is 12.5. The monoisotopic (exact) mass is 513 g/mol. The van der Waals surface area contributed by atoms with E-state index in [0.29, 0.717) is 11.1 Å². The van der Waals surface area contributed by atoms with E-state index in [4.69, 9.17) is 11.2 Å². The van der Waals surface area contributed by atoms with Gasteiger partial charge < -0.3 is 20.3 Å². The Bertz CT molecular complexity index is 956. The first-order valence-corrected chi connectivity index (χ1v) is 13.6. The highest BCUT2D eigenvalue weighted by Gasteiger charge is 2.42. The first-order chi connectivity index (χ1) is 17.1. The molecule has 0 radical (unpaired) electrons. The normalized spacial score (nSPS) is 18.2. The van der Waals surface area contributed by atoms with Crippen LogP contribution >= 0.6 is 12.6 Å². The number of benzene rings is 1. The maximum absolute atomic E-state index is 13.9. The number of amides is 3. The highest BCUT2D eigenvalue weighted by Crippen LogP contribution is 2.34. The van der Waals surface area contributed by atoms with E-state index in [9.17, 15) is 14.4 Å². The van der Waals surface area contributed by atoms with Crippen molar-refractivity contribution < 1.29 is 19.1 Å². The Labute approximate surface area is 220 Å². The van der Waals surface area contributed by atoms with E-state index in [1.54, 1.807) is 37.8 Å². The molecule has 2 saturated carbocycles. The van der Waals surface area contributed by atoms with Crippen LogP contribution in [0.15, 0.2) is 24.3 Å². The summed E-state index contributed by atoms with van der Waals surface area (Å²) in [4.78, 5) is 41.9. The molecule has 0 saturated heterocycles. The number of alkyl carbamates (subject to hydrolysis) is 1. The standard InChI is InChI=1S/C28H39N3O4S/c1-5-19-14-16-20(17-15-19)24(25(32)29-21-10-7-6-8-11-21)31(22-12-9-13-22)26(33)23(18-36)30-27(34)35-28(2,3)4/h1,14-17,21-24,36H,6-13,18H2,2-4H3,(H,29,32)(H,30,34). The fraction of sp³-hybridized carbons (Fsp3) is 0.607. The van der Waals surface area contributed by atoms with Crippen molar-refractivity contribution in [2.45, 2.75) is 102 Å². The van der Waals surface area contributed by atoms with Crippen LogP contribution in [-0.2, 0) is 14.3 Å². The van der Waals surface area contributed by atoms with Crippen molar-refractivity contribution in [3.63, 3.8) is 0 Å². The molecule has 2 N–H and O–H groups in total. The van der Waals surface area contributed by atoms with Crippen LogP contribution in [0.4, 0.5) is 4.79 Å². The van der Waals surface area contributed by atoms with Gasteiger partial charge in [0.25, 0.3) is 0 Å². The summed E-state index contributed by atoms with van der Waals surface area (Å²) in [6.07, 6.45) is 12.6. The van der Waals surface area contributed by atoms with Gasteiger partial charge in [-0.25, -0.2) is 4.79 Å². The molecule has 3 amide bonds. The lowest BCUT2D eigenvalue weighted by Gasteiger charge is -2.44. The zero-order valence-electron chi connectivity index (χ0n) is 21.6. The minimum absolute atomic E-state index is 0.0777. The van der Waals surface area contributed by atoms with Crippen molar-refractivity contribution in [3.05, 3.63) is 35.4 Å². The first kappa shape index (κ1) is 27.9. The number of terminal acetylenes is 1. The largest absolute Gasteiger partial charge is 0.444 e. The van der Waals surface area contributed by atoms with E-state index in [2.05, 4.69) is 29.2 Å². The van der Waals surface area contributed by atoms with E-state index in [0.717, 1.165) is 44.9 Å². The summed E-state index contributed by atoms with van der Waals surface area (Å²) in [7, 11) is 0. The molecule has 0 spiro atoms. The molecule has 0 aromatic heterocycles. The Morgan fingerprint density at radius 2 is 1.72 bits per heavy atom. The molecule has 36 heavy (non-hydrogen) atoms. The number of hydrogen-bond acceptors (Lipinski definition) is 5. The van der Waals surface area contributed by atoms with Gasteiger partial charge >= 0.3 is 6.09 Å². The number of carbonyl (C=O) groups is 3.